The maximum absolute atomic E-state index is 12.5. The molecule has 1 amide bonds. The van der Waals surface area contributed by atoms with Gasteiger partial charge >= 0.3 is 0 Å². The summed E-state index contributed by atoms with van der Waals surface area (Å²) in [5.41, 5.74) is 2.36. The van der Waals surface area contributed by atoms with Gasteiger partial charge in [0.05, 0.1) is 6.04 Å². The first-order chi connectivity index (χ1) is 9.59. The summed E-state index contributed by atoms with van der Waals surface area (Å²) in [6, 6.07) is 8.06. The number of nitrogens with one attached hydrogen (secondary N) is 1. The van der Waals surface area contributed by atoms with Crippen LogP contribution < -0.4 is 10.2 Å². The molecule has 2 rings (SSSR count). The second-order valence-corrected chi connectivity index (χ2v) is 5.70. The summed E-state index contributed by atoms with van der Waals surface area (Å²) in [6.07, 6.45) is 2.02. The molecule has 110 valence electrons. The van der Waals surface area contributed by atoms with Crippen molar-refractivity contribution in [1.82, 2.24) is 10.2 Å². The van der Waals surface area contributed by atoms with Gasteiger partial charge in [0.15, 0.2) is 0 Å². The van der Waals surface area contributed by atoms with Crippen LogP contribution in [0.25, 0.3) is 0 Å². The number of nitrogens with zero attached hydrogens (tertiary/aromatic N) is 2. The number of para-hydroxylation sites is 1. The molecule has 1 heterocycles. The molecule has 0 saturated heterocycles. The number of carbonyl (C=O) groups excluding carboxylic acids is 1. The molecule has 1 aromatic carbocycles. The van der Waals surface area contributed by atoms with Crippen molar-refractivity contribution >= 4 is 11.6 Å². The van der Waals surface area contributed by atoms with Crippen LogP contribution in [0.3, 0.4) is 0 Å². The number of amides is 1. The van der Waals surface area contributed by atoms with E-state index < -0.39 is 0 Å². The summed E-state index contributed by atoms with van der Waals surface area (Å²) >= 11 is 0. The lowest BCUT2D eigenvalue weighted by Crippen LogP contribution is -2.45. The standard InChI is InChI=1S/C16H25N3O/c1-13(17-10-6-11-18(2)3)16(20)19-12-9-14-7-4-5-8-15(14)19/h4-5,7-8,13,17H,6,9-12H2,1-3H3/t13-/m1/s1. The van der Waals surface area contributed by atoms with Gasteiger partial charge in [-0.1, -0.05) is 18.2 Å². The highest BCUT2D eigenvalue weighted by Gasteiger charge is 2.27. The largest absolute Gasteiger partial charge is 0.310 e. The first kappa shape index (κ1) is 15.0. The maximum Gasteiger partial charge on any atom is 0.243 e. The third-order valence-corrected chi connectivity index (χ3v) is 3.76. The van der Waals surface area contributed by atoms with Crippen molar-refractivity contribution in [3.8, 4) is 0 Å². The fourth-order valence-electron chi connectivity index (χ4n) is 2.60. The minimum Gasteiger partial charge on any atom is -0.310 e. The van der Waals surface area contributed by atoms with Crippen LogP contribution in [0.4, 0.5) is 5.69 Å². The number of fused-ring (bicyclic) bond motifs is 1. The summed E-state index contributed by atoms with van der Waals surface area (Å²) in [4.78, 5) is 16.6. The topological polar surface area (TPSA) is 35.6 Å². The first-order valence-electron chi connectivity index (χ1n) is 7.37. The maximum atomic E-state index is 12.5. The Morgan fingerprint density at radius 3 is 2.90 bits per heavy atom. The second-order valence-electron chi connectivity index (χ2n) is 5.70. The van der Waals surface area contributed by atoms with E-state index in [1.807, 2.05) is 30.0 Å². The smallest absolute Gasteiger partial charge is 0.243 e. The molecule has 20 heavy (non-hydrogen) atoms. The van der Waals surface area contributed by atoms with Gasteiger partial charge in [0.2, 0.25) is 5.91 Å². The number of rotatable bonds is 6. The minimum absolute atomic E-state index is 0.122. The van der Waals surface area contributed by atoms with Crippen LogP contribution in [-0.4, -0.2) is 50.6 Å². The predicted molar refractivity (Wildman–Crippen MR) is 83.1 cm³/mol. The number of carbonyl (C=O) groups is 1. The van der Waals surface area contributed by atoms with Crippen molar-refractivity contribution in [2.75, 3.05) is 38.6 Å². The first-order valence-corrected chi connectivity index (χ1v) is 7.37. The molecule has 0 radical (unpaired) electrons. The molecule has 0 spiro atoms. The van der Waals surface area contributed by atoms with Crippen LogP contribution in [0, 0.1) is 0 Å². The van der Waals surface area contributed by atoms with Gasteiger partial charge in [0.1, 0.15) is 0 Å². The molecule has 1 aliphatic heterocycles. The van der Waals surface area contributed by atoms with Crippen molar-refractivity contribution in [3.63, 3.8) is 0 Å². The molecule has 1 atom stereocenters. The summed E-state index contributed by atoms with van der Waals surface area (Å²) in [6.45, 7) is 4.68. The van der Waals surface area contributed by atoms with Crippen LogP contribution in [0.1, 0.15) is 18.9 Å². The van der Waals surface area contributed by atoms with E-state index in [1.54, 1.807) is 0 Å². The van der Waals surface area contributed by atoms with Gasteiger partial charge in [-0.05, 0) is 58.6 Å². The fourth-order valence-corrected chi connectivity index (χ4v) is 2.60. The Balaban J connectivity index is 1.86. The number of hydrogen-bond acceptors (Lipinski definition) is 3. The molecule has 1 N–H and O–H groups in total. The van der Waals surface area contributed by atoms with E-state index in [9.17, 15) is 4.79 Å². The average Bonchev–Trinajstić information content (AvgIpc) is 2.86. The molecule has 4 nitrogen and oxygen atoms in total. The highest BCUT2D eigenvalue weighted by atomic mass is 16.2. The number of hydrogen-bond donors (Lipinski definition) is 1. The van der Waals surface area contributed by atoms with E-state index in [2.05, 4.69) is 30.4 Å². The second kappa shape index (κ2) is 6.86. The molecule has 0 bridgehead atoms. The van der Waals surface area contributed by atoms with Gasteiger partial charge in [-0.15, -0.1) is 0 Å². The van der Waals surface area contributed by atoms with E-state index in [1.165, 1.54) is 5.56 Å². The molecule has 0 aliphatic carbocycles. The summed E-state index contributed by atoms with van der Waals surface area (Å²) in [7, 11) is 4.13. The Kier molecular flexibility index (Phi) is 5.15. The van der Waals surface area contributed by atoms with Crippen molar-refractivity contribution in [2.45, 2.75) is 25.8 Å². The molecule has 4 heteroatoms. The lowest BCUT2D eigenvalue weighted by Gasteiger charge is -2.22. The normalized spacial score (nSPS) is 15.5. The van der Waals surface area contributed by atoms with Gasteiger partial charge in [0.25, 0.3) is 0 Å². The van der Waals surface area contributed by atoms with Crippen LogP contribution in [0.5, 0.6) is 0 Å². The van der Waals surface area contributed by atoms with Crippen molar-refractivity contribution < 1.29 is 4.79 Å². The van der Waals surface area contributed by atoms with Crippen molar-refractivity contribution in [3.05, 3.63) is 29.8 Å². The van der Waals surface area contributed by atoms with Gasteiger partial charge in [0, 0.05) is 12.2 Å². The van der Waals surface area contributed by atoms with E-state index in [4.69, 9.17) is 0 Å². The van der Waals surface area contributed by atoms with Gasteiger partial charge in [-0.25, -0.2) is 0 Å². The van der Waals surface area contributed by atoms with Crippen LogP contribution in [0.15, 0.2) is 24.3 Å². The predicted octanol–water partition coefficient (Wildman–Crippen LogP) is 1.51. The van der Waals surface area contributed by atoms with E-state index in [0.717, 1.165) is 38.2 Å². The number of benzene rings is 1. The quantitative estimate of drug-likeness (QED) is 0.799. The zero-order valence-electron chi connectivity index (χ0n) is 12.7. The van der Waals surface area contributed by atoms with Crippen LogP contribution in [-0.2, 0) is 11.2 Å². The Hall–Kier alpha value is -1.39. The molecule has 1 aromatic rings. The van der Waals surface area contributed by atoms with Crippen LogP contribution >= 0.6 is 0 Å². The summed E-state index contributed by atoms with van der Waals surface area (Å²) < 4.78 is 0. The zero-order chi connectivity index (χ0) is 14.5. The SMILES string of the molecule is C[C@@H](NCCCN(C)C)C(=O)N1CCc2ccccc21. The third-order valence-electron chi connectivity index (χ3n) is 3.76. The molecule has 0 fully saturated rings. The molecule has 0 aromatic heterocycles. The molecular weight excluding hydrogens is 250 g/mol. The average molecular weight is 275 g/mol. The van der Waals surface area contributed by atoms with Crippen molar-refractivity contribution in [2.24, 2.45) is 0 Å². The Morgan fingerprint density at radius 1 is 1.40 bits per heavy atom. The van der Waals surface area contributed by atoms with Crippen molar-refractivity contribution in [1.29, 1.82) is 0 Å². The molecular formula is C16H25N3O. The molecule has 0 unspecified atom stereocenters. The van der Waals surface area contributed by atoms with Gasteiger partial charge in [-0.2, -0.15) is 0 Å². The number of anilines is 1. The Labute approximate surface area is 121 Å². The molecule has 1 aliphatic rings. The monoisotopic (exact) mass is 275 g/mol. The summed E-state index contributed by atoms with van der Waals surface area (Å²) in [5, 5.41) is 3.33. The van der Waals surface area contributed by atoms with Gasteiger partial charge in [-0.3, -0.25) is 4.79 Å². The highest BCUT2D eigenvalue weighted by molar-refractivity contribution is 5.98. The highest BCUT2D eigenvalue weighted by Crippen LogP contribution is 2.27. The van der Waals surface area contributed by atoms with E-state index >= 15 is 0 Å². The van der Waals surface area contributed by atoms with Crippen LogP contribution in [0.2, 0.25) is 0 Å². The Bertz CT molecular complexity index is 459. The third kappa shape index (κ3) is 3.58. The lowest BCUT2D eigenvalue weighted by molar-refractivity contribution is -0.120. The molecule has 0 saturated carbocycles. The lowest BCUT2D eigenvalue weighted by atomic mass is 10.2. The Morgan fingerprint density at radius 2 is 2.15 bits per heavy atom. The fraction of sp³-hybridized carbons (Fsp3) is 0.562. The minimum atomic E-state index is -0.122. The van der Waals surface area contributed by atoms with E-state index in [-0.39, 0.29) is 11.9 Å². The van der Waals surface area contributed by atoms with Gasteiger partial charge < -0.3 is 15.1 Å². The summed E-state index contributed by atoms with van der Waals surface area (Å²) in [5.74, 6) is 0.180. The van der Waals surface area contributed by atoms with E-state index in [0.29, 0.717) is 0 Å². The zero-order valence-corrected chi connectivity index (χ0v) is 12.7.